The summed E-state index contributed by atoms with van der Waals surface area (Å²) in [4.78, 5) is 11.6. The molecule has 0 saturated carbocycles. The second kappa shape index (κ2) is 8.36. The Hall–Kier alpha value is -1.11. The zero-order valence-corrected chi connectivity index (χ0v) is 14.2. The van der Waals surface area contributed by atoms with Crippen molar-refractivity contribution in [1.29, 1.82) is 0 Å². The number of carbonyl (C=O) groups excluding carboxylic acids is 1. The number of rotatable bonds is 7. The first-order chi connectivity index (χ1) is 9.76. The number of ether oxygens (including phenoxy) is 1. The lowest BCUT2D eigenvalue weighted by molar-refractivity contribution is -0.121. The molecule has 0 aliphatic rings. The molecule has 0 aliphatic heterocycles. The van der Waals surface area contributed by atoms with Gasteiger partial charge in [-0.3, -0.25) is 4.79 Å². The van der Waals surface area contributed by atoms with Crippen LogP contribution in [0.3, 0.4) is 0 Å². The summed E-state index contributed by atoms with van der Waals surface area (Å²) in [5, 5.41) is 15.5. The lowest BCUT2D eigenvalue weighted by Gasteiger charge is -2.21. The van der Waals surface area contributed by atoms with Crippen LogP contribution in [0.5, 0.6) is 5.75 Å². The van der Waals surface area contributed by atoms with E-state index in [0.717, 1.165) is 4.47 Å². The fraction of sp³-hybridized carbons (Fsp3) is 0.533. The zero-order chi connectivity index (χ0) is 15.9. The summed E-state index contributed by atoms with van der Waals surface area (Å²) in [6.07, 6.45) is -0.670. The maximum atomic E-state index is 11.6. The van der Waals surface area contributed by atoms with E-state index in [1.54, 1.807) is 0 Å². The van der Waals surface area contributed by atoms with Crippen LogP contribution in [0.4, 0.5) is 0 Å². The van der Waals surface area contributed by atoms with Crippen molar-refractivity contribution in [2.45, 2.75) is 32.4 Å². The molecule has 0 radical (unpaired) electrons. The minimum Gasteiger partial charge on any atom is -0.491 e. The first kappa shape index (κ1) is 17.9. The summed E-state index contributed by atoms with van der Waals surface area (Å²) in [7, 11) is 0. The fourth-order valence-corrected chi connectivity index (χ4v) is 1.86. The second-order valence-electron chi connectivity index (χ2n) is 5.85. The Morgan fingerprint density at radius 3 is 2.52 bits per heavy atom. The van der Waals surface area contributed by atoms with Gasteiger partial charge in [0.15, 0.2) is 0 Å². The largest absolute Gasteiger partial charge is 0.491 e. The molecule has 21 heavy (non-hydrogen) atoms. The van der Waals surface area contributed by atoms with Crippen molar-refractivity contribution in [3.05, 3.63) is 28.7 Å². The third kappa shape index (κ3) is 8.70. The van der Waals surface area contributed by atoms with E-state index in [-0.39, 0.29) is 24.6 Å². The van der Waals surface area contributed by atoms with E-state index in [0.29, 0.717) is 12.3 Å². The van der Waals surface area contributed by atoms with E-state index in [2.05, 4.69) is 26.6 Å². The van der Waals surface area contributed by atoms with Gasteiger partial charge in [0.05, 0.1) is 6.54 Å². The molecule has 0 bridgehead atoms. The van der Waals surface area contributed by atoms with Gasteiger partial charge in [0.1, 0.15) is 18.5 Å². The fourth-order valence-electron chi connectivity index (χ4n) is 1.60. The lowest BCUT2D eigenvalue weighted by atomic mass is 10.1. The maximum absolute atomic E-state index is 11.6. The van der Waals surface area contributed by atoms with E-state index in [9.17, 15) is 9.90 Å². The van der Waals surface area contributed by atoms with Crippen LogP contribution in [-0.2, 0) is 4.79 Å². The summed E-state index contributed by atoms with van der Waals surface area (Å²) < 4.78 is 6.42. The summed E-state index contributed by atoms with van der Waals surface area (Å²) in [5.74, 6) is 0.603. The third-order valence-corrected chi connectivity index (χ3v) is 2.96. The Balaban J connectivity index is 2.18. The molecule has 1 atom stereocenters. The minimum absolute atomic E-state index is 0.0940. The Labute approximate surface area is 134 Å². The number of hydrogen-bond acceptors (Lipinski definition) is 4. The standard InChI is InChI=1S/C15H23BrN2O3/c1-15(2,3)18-14(20)9-17-8-12(19)10-21-13-6-4-11(16)5-7-13/h4-7,12,17,19H,8-10H2,1-3H3,(H,18,20). The molecule has 1 aromatic rings. The number of aliphatic hydroxyl groups is 1. The molecule has 0 saturated heterocycles. The molecule has 1 amide bonds. The molecule has 0 fully saturated rings. The van der Waals surface area contributed by atoms with Crippen molar-refractivity contribution in [1.82, 2.24) is 10.6 Å². The van der Waals surface area contributed by atoms with Crippen LogP contribution in [0.15, 0.2) is 28.7 Å². The number of nitrogens with one attached hydrogen (secondary N) is 2. The van der Waals surface area contributed by atoms with Crippen LogP contribution < -0.4 is 15.4 Å². The summed E-state index contributed by atoms with van der Waals surface area (Å²) in [6.45, 7) is 6.42. The lowest BCUT2D eigenvalue weighted by Crippen LogP contribution is -2.46. The number of amides is 1. The number of aliphatic hydroxyl groups excluding tert-OH is 1. The molecule has 118 valence electrons. The van der Waals surface area contributed by atoms with E-state index in [1.165, 1.54) is 0 Å². The predicted molar refractivity (Wildman–Crippen MR) is 86.4 cm³/mol. The summed E-state index contributed by atoms with van der Waals surface area (Å²) in [6, 6.07) is 7.38. The van der Waals surface area contributed by atoms with Crippen LogP contribution >= 0.6 is 15.9 Å². The van der Waals surface area contributed by atoms with E-state index in [1.807, 2.05) is 45.0 Å². The van der Waals surface area contributed by atoms with Gasteiger partial charge < -0.3 is 20.5 Å². The maximum Gasteiger partial charge on any atom is 0.234 e. The minimum atomic E-state index is -0.670. The van der Waals surface area contributed by atoms with Crippen LogP contribution in [0.1, 0.15) is 20.8 Å². The van der Waals surface area contributed by atoms with Crippen LogP contribution in [0.2, 0.25) is 0 Å². The highest BCUT2D eigenvalue weighted by molar-refractivity contribution is 9.10. The predicted octanol–water partition coefficient (Wildman–Crippen LogP) is 1.69. The average molecular weight is 359 g/mol. The van der Waals surface area contributed by atoms with Gasteiger partial charge in [-0.15, -0.1) is 0 Å². The monoisotopic (exact) mass is 358 g/mol. The van der Waals surface area contributed by atoms with Crippen molar-refractivity contribution in [3.63, 3.8) is 0 Å². The highest BCUT2D eigenvalue weighted by Crippen LogP contribution is 2.16. The van der Waals surface area contributed by atoms with Crippen LogP contribution in [0, 0.1) is 0 Å². The second-order valence-corrected chi connectivity index (χ2v) is 6.76. The van der Waals surface area contributed by atoms with E-state index < -0.39 is 6.10 Å². The molecule has 1 unspecified atom stereocenters. The highest BCUT2D eigenvalue weighted by Gasteiger charge is 2.13. The highest BCUT2D eigenvalue weighted by atomic mass is 79.9. The molecule has 0 heterocycles. The molecule has 5 nitrogen and oxygen atoms in total. The van der Waals surface area contributed by atoms with Gasteiger partial charge in [0, 0.05) is 16.6 Å². The van der Waals surface area contributed by atoms with Crippen molar-refractivity contribution in [3.8, 4) is 5.75 Å². The van der Waals surface area contributed by atoms with Gasteiger partial charge in [-0.2, -0.15) is 0 Å². The van der Waals surface area contributed by atoms with Gasteiger partial charge in [0.2, 0.25) is 5.91 Å². The molecule has 3 N–H and O–H groups in total. The van der Waals surface area contributed by atoms with E-state index >= 15 is 0 Å². The van der Waals surface area contributed by atoms with Crippen LogP contribution in [-0.4, -0.2) is 42.4 Å². The molecular formula is C15H23BrN2O3. The van der Waals surface area contributed by atoms with Gasteiger partial charge in [-0.05, 0) is 45.0 Å². The molecule has 0 aromatic heterocycles. The average Bonchev–Trinajstić information content (AvgIpc) is 2.36. The van der Waals surface area contributed by atoms with Gasteiger partial charge >= 0.3 is 0 Å². The van der Waals surface area contributed by atoms with Crippen LogP contribution in [0.25, 0.3) is 0 Å². The van der Waals surface area contributed by atoms with Crippen molar-refractivity contribution in [2.75, 3.05) is 19.7 Å². The number of hydrogen-bond donors (Lipinski definition) is 3. The number of benzene rings is 1. The van der Waals surface area contributed by atoms with Gasteiger partial charge in [-0.1, -0.05) is 15.9 Å². The summed E-state index contributed by atoms with van der Waals surface area (Å²) >= 11 is 3.34. The van der Waals surface area contributed by atoms with E-state index in [4.69, 9.17) is 4.74 Å². The number of carbonyl (C=O) groups is 1. The smallest absolute Gasteiger partial charge is 0.234 e. The normalized spacial score (nSPS) is 12.8. The van der Waals surface area contributed by atoms with Gasteiger partial charge in [-0.25, -0.2) is 0 Å². The SMILES string of the molecule is CC(C)(C)NC(=O)CNCC(O)COc1ccc(Br)cc1. The topological polar surface area (TPSA) is 70.6 Å². The Bertz CT molecular complexity index is 443. The van der Waals surface area contributed by atoms with Crippen molar-refractivity contribution in [2.24, 2.45) is 0 Å². The summed E-state index contributed by atoms with van der Waals surface area (Å²) in [5.41, 5.74) is -0.248. The Morgan fingerprint density at radius 1 is 1.33 bits per heavy atom. The first-order valence-electron chi connectivity index (χ1n) is 6.84. The molecule has 1 aromatic carbocycles. The third-order valence-electron chi connectivity index (χ3n) is 2.44. The van der Waals surface area contributed by atoms with Gasteiger partial charge in [0.25, 0.3) is 0 Å². The molecule has 1 rings (SSSR count). The molecule has 6 heteroatoms. The zero-order valence-electron chi connectivity index (χ0n) is 12.6. The molecule has 0 spiro atoms. The quantitative estimate of drug-likeness (QED) is 0.693. The van der Waals surface area contributed by atoms with Crippen molar-refractivity contribution >= 4 is 21.8 Å². The van der Waals surface area contributed by atoms with Crippen molar-refractivity contribution < 1.29 is 14.6 Å². The molecule has 0 aliphatic carbocycles. The Kier molecular flexibility index (Phi) is 7.14. The molecular weight excluding hydrogens is 336 g/mol. The first-order valence-corrected chi connectivity index (χ1v) is 7.64. The Morgan fingerprint density at radius 2 is 1.95 bits per heavy atom. The number of halogens is 1.